The molecule has 8 nitrogen and oxygen atoms in total. The van der Waals surface area contributed by atoms with Gasteiger partial charge in [0.05, 0.1) is 16.9 Å². The molecule has 0 heterocycles. The third kappa shape index (κ3) is 3.21. The highest BCUT2D eigenvalue weighted by atomic mass is 16.6. The quantitative estimate of drug-likeness (QED) is 0.413. The molecule has 2 rings (SSSR count). The summed E-state index contributed by atoms with van der Waals surface area (Å²) in [6.07, 6.45) is 0. The zero-order valence-electron chi connectivity index (χ0n) is 11.3. The highest BCUT2D eigenvalue weighted by Crippen LogP contribution is 2.19. The summed E-state index contributed by atoms with van der Waals surface area (Å²) < 4.78 is 0. The highest BCUT2D eigenvalue weighted by molar-refractivity contribution is 6.14. The zero-order valence-corrected chi connectivity index (χ0v) is 11.3. The van der Waals surface area contributed by atoms with Gasteiger partial charge in [-0.05, 0) is 29.8 Å². The Bertz CT molecular complexity index is 824. The first-order valence-electron chi connectivity index (χ1n) is 6.17. The average molecular weight is 313 g/mol. The summed E-state index contributed by atoms with van der Waals surface area (Å²) in [4.78, 5) is 44.1. The fraction of sp³-hybridized carbons (Fsp3) is 0. The van der Waals surface area contributed by atoms with E-state index in [1.807, 2.05) is 0 Å². The standard InChI is InChI=1S/C15H9NO7/c17-13(8-1-4-10(5-2-8)16(22)23)11-6-3-9(14(18)19)7-12(11)15(20)21/h1-7H,(H,18,19)(H,20,21)/p-2. The first kappa shape index (κ1) is 15.8. The SMILES string of the molecule is O=C([O-])c1ccc(C(=O)c2ccc([N+](=O)[O-])cc2)c(C(=O)[O-])c1. The van der Waals surface area contributed by atoms with Gasteiger partial charge >= 0.3 is 0 Å². The van der Waals surface area contributed by atoms with Crippen LogP contribution >= 0.6 is 0 Å². The summed E-state index contributed by atoms with van der Waals surface area (Å²) >= 11 is 0. The van der Waals surface area contributed by atoms with Crippen LogP contribution in [0.4, 0.5) is 5.69 Å². The summed E-state index contributed by atoms with van der Waals surface area (Å²) in [6.45, 7) is 0. The number of aromatic carboxylic acids is 2. The van der Waals surface area contributed by atoms with E-state index in [0.717, 1.165) is 30.3 Å². The lowest BCUT2D eigenvalue weighted by atomic mass is 9.96. The molecule has 0 unspecified atom stereocenters. The molecule has 0 saturated heterocycles. The molecule has 0 aromatic heterocycles. The van der Waals surface area contributed by atoms with Crippen molar-refractivity contribution in [3.8, 4) is 0 Å². The van der Waals surface area contributed by atoms with Crippen molar-refractivity contribution in [3.63, 3.8) is 0 Å². The summed E-state index contributed by atoms with van der Waals surface area (Å²) in [5.74, 6) is -4.05. The maximum atomic E-state index is 12.3. The second-order valence-electron chi connectivity index (χ2n) is 4.47. The number of carboxylic acids is 2. The molecular formula is C15H7NO7-2. The molecule has 0 fully saturated rings. The van der Waals surface area contributed by atoms with Crippen LogP contribution in [0.1, 0.15) is 36.6 Å². The Morgan fingerprint density at radius 1 is 0.783 bits per heavy atom. The summed E-state index contributed by atoms with van der Waals surface area (Å²) in [6, 6.07) is 7.37. The highest BCUT2D eigenvalue weighted by Gasteiger charge is 2.16. The van der Waals surface area contributed by atoms with E-state index in [0.29, 0.717) is 0 Å². The van der Waals surface area contributed by atoms with Gasteiger partial charge in [-0.2, -0.15) is 0 Å². The van der Waals surface area contributed by atoms with Crippen LogP contribution in [0, 0.1) is 10.1 Å². The molecule has 0 aliphatic carbocycles. The van der Waals surface area contributed by atoms with Crippen LogP contribution in [0.2, 0.25) is 0 Å². The van der Waals surface area contributed by atoms with E-state index in [-0.39, 0.29) is 16.8 Å². The van der Waals surface area contributed by atoms with Crippen LogP contribution in [0.15, 0.2) is 42.5 Å². The molecule has 2 aromatic rings. The molecule has 8 heteroatoms. The van der Waals surface area contributed by atoms with Crippen molar-refractivity contribution in [1.29, 1.82) is 0 Å². The number of benzene rings is 2. The summed E-state index contributed by atoms with van der Waals surface area (Å²) in [7, 11) is 0. The smallest absolute Gasteiger partial charge is 0.269 e. The largest absolute Gasteiger partial charge is 0.545 e. The predicted molar refractivity (Wildman–Crippen MR) is 71.6 cm³/mol. The Morgan fingerprint density at radius 3 is 1.83 bits per heavy atom. The Kier molecular flexibility index (Phi) is 4.17. The number of ketones is 1. The molecule has 0 bridgehead atoms. The van der Waals surface area contributed by atoms with Crippen molar-refractivity contribution >= 4 is 23.4 Å². The number of nitro benzene ring substituents is 1. The fourth-order valence-corrected chi connectivity index (χ4v) is 1.93. The van der Waals surface area contributed by atoms with E-state index >= 15 is 0 Å². The monoisotopic (exact) mass is 313 g/mol. The van der Waals surface area contributed by atoms with Gasteiger partial charge in [0.15, 0.2) is 5.78 Å². The number of non-ortho nitro benzene ring substituents is 1. The van der Waals surface area contributed by atoms with Crippen molar-refractivity contribution in [2.45, 2.75) is 0 Å². The minimum atomic E-state index is -1.72. The Balaban J connectivity index is 2.48. The van der Waals surface area contributed by atoms with Crippen LogP contribution in [0.3, 0.4) is 0 Å². The van der Waals surface area contributed by atoms with Crippen molar-refractivity contribution in [3.05, 3.63) is 74.8 Å². The van der Waals surface area contributed by atoms with Gasteiger partial charge in [0.2, 0.25) is 0 Å². The molecule has 0 aliphatic rings. The van der Waals surface area contributed by atoms with E-state index in [1.54, 1.807) is 0 Å². The number of carboxylic acid groups (broad SMARTS) is 2. The van der Waals surface area contributed by atoms with Crippen LogP contribution in [0.5, 0.6) is 0 Å². The van der Waals surface area contributed by atoms with Crippen LogP contribution < -0.4 is 10.2 Å². The lowest BCUT2D eigenvalue weighted by molar-refractivity contribution is -0.384. The molecule has 116 valence electrons. The third-order valence-electron chi connectivity index (χ3n) is 3.06. The molecule has 2 aromatic carbocycles. The van der Waals surface area contributed by atoms with Crippen molar-refractivity contribution < 1.29 is 29.5 Å². The number of hydrogen-bond donors (Lipinski definition) is 0. The van der Waals surface area contributed by atoms with Gasteiger partial charge in [0, 0.05) is 28.8 Å². The lowest BCUT2D eigenvalue weighted by Gasteiger charge is -2.12. The topological polar surface area (TPSA) is 140 Å². The number of carbonyl (C=O) groups is 3. The first-order chi connectivity index (χ1) is 10.8. The normalized spacial score (nSPS) is 10.1. The minimum absolute atomic E-state index is 0.0132. The van der Waals surface area contributed by atoms with E-state index in [1.165, 1.54) is 12.1 Å². The maximum absolute atomic E-state index is 12.3. The molecule has 0 N–H and O–H groups in total. The molecular weight excluding hydrogens is 306 g/mol. The van der Waals surface area contributed by atoms with Crippen molar-refractivity contribution in [2.24, 2.45) is 0 Å². The predicted octanol–water partition coefficient (Wildman–Crippen LogP) is -0.447. The van der Waals surface area contributed by atoms with Gasteiger partial charge in [0.25, 0.3) is 5.69 Å². The Labute approximate surface area is 128 Å². The van der Waals surface area contributed by atoms with Gasteiger partial charge < -0.3 is 19.8 Å². The number of nitrogens with zero attached hydrogens (tertiary/aromatic N) is 1. The molecule has 0 amide bonds. The minimum Gasteiger partial charge on any atom is -0.545 e. The Hall–Kier alpha value is -3.55. The zero-order chi connectivity index (χ0) is 17.1. The van der Waals surface area contributed by atoms with Crippen molar-refractivity contribution in [1.82, 2.24) is 0 Å². The molecule has 0 atom stereocenters. The van der Waals surface area contributed by atoms with Gasteiger partial charge in [-0.15, -0.1) is 0 Å². The number of rotatable bonds is 5. The second kappa shape index (κ2) is 6.06. The first-order valence-corrected chi connectivity index (χ1v) is 6.17. The van der Waals surface area contributed by atoms with Gasteiger partial charge in [-0.25, -0.2) is 0 Å². The van der Waals surface area contributed by atoms with E-state index < -0.39 is 33.8 Å². The summed E-state index contributed by atoms with van der Waals surface area (Å²) in [5, 5.41) is 32.4. The molecule has 23 heavy (non-hydrogen) atoms. The lowest BCUT2D eigenvalue weighted by Crippen LogP contribution is -2.27. The van der Waals surface area contributed by atoms with Crippen LogP contribution in [-0.4, -0.2) is 22.6 Å². The van der Waals surface area contributed by atoms with Gasteiger partial charge in [-0.1, -0.05) is 6.07 Å². The maximum Gasteiger partial charge on any atom is 0.269 e. The Morgan fingerprint density at radius 2 is 1.35 bits per heavy atom. The number of carbonyl (C=O) groups excluding carboxylic acids is 3. The molecule has 0 spiro atoms. The van der Waals surface area contributed by atoms with E-state index in [2.05, 4.69) is 0 Å². The summed E-state index contributed by atoms with van der Waals surface area (Å²) in [5.41, 5.74) is -1.52. The molecule has 0 aliphatic heterocycles. The number of nitro groups is 1. The average Bonchev–Trinajstić information content (AvgIpc) is 2.53. The van der Waals surface area contributed by atoms with Gasteiger partial charge in [0.1, 0.15) is 0 Å². The second-order valence-corrected chi connectivity index (χ2v) is 4.47. The van der Waals surface area contributed by atoms with Crippen LogP contribution in [0.25, 0.3) is 0 Å². The number of hydrogen-bond acceptors (Lipinski definition) is 7. The van der Waals surface area contributed by atoms with E-state index in [9.17, 15) is 34.7 Å². The molecule has 0 saturated carbocycles. The third-order valence-corrected chi connectivity index (χ3v) is 3.06. The van der Waals surface area contributed by atoms with Crippen LogP contribution in [-0.2, 0) is 0 Å². The van der Waals surface area contributed by atoms with Crippen molar-refractivity contribution in [2.75, 3.05) is 0 Å². The van der Waals surface area contributed by atoms with Gasteiger partial charge in [-0.3, -0.25) is 14.9 Å². The fourth-order valence-electron chi connectivity index (χ4n) is 1.93. The van der Waals surface area contributed by atoms with E-state index in [4.69, 9.17) is 0 Å². The molecule has 0 radical (unpaired) electrons.